The molecular formula is C39H68N2O16-2. The minimum absolute atomic E-state index is 0.0233. The number of cyclic esters (lactones) is 1. The molecule has 18 nitrogen and oxygen atoms in total. The third-order valence-corrected chi connectivity index (χ3v) is 12.7. The molecule has 3 saturated heterocycles. The number of esters is 1. The van der Waals surface area contributed by atoms with Gasteiger partial charge in [-0.2, -0.15) is 0 Å². The molecule has 19 atom stereocenters. The van der Waals surface area contributed by atoms with Crippen molar-refractivity contribution in [3.05, 3.63) is 0 Å². The van der Waals surface area contributed by atoms with Crippen LogP contribution < -0.4 is 15.9 Å². The summed E-state index contributed by atoms with van der Waals surface area (Å²) in [6.07, 6.45) is -14.9. The van der Waals surface area contributed by atoms with Gasteiger partial charge in [0.25, 0.3) is 12.3 Å². The number of methoxy groups -OCH3 is 1. The maximum absolute atomic E-state index is 14.4. The van der Waals surface area contributed by atoms with Crippen molar-refractivity contribution in [1.29, 1.82) is 0 Å². The van der Waals surface area contributed by atoms with Crippen molar-refractivity contribution in [2.75, 3.05) is 21.2 Å². The zero-order chi connectivity index (χ0) is 43.5. The van der Waals surface area contributed by atoms with E-state index in [2.05, 4.69) is 0 Å². The fraction of sp³-hybridized carbons (Fsp3) is 0.923. The molecule has 0 bridgehead atoms. The van der Waals surface area contributed by atoms with E-state index < -0.39 is 120 Å². The van der Waals surface area contributed by atoms with E-state index in [4.69, 9.17) is 43.6 Å². The van der Waals surface area contributed by atoms with E-state index in [1.807, 2.05) is 25.9 Å². The van der Waals surface area contributed by atoms with Gasteiger partial charge in [-0.25, -0.2) is 0 Å². The molecule has 332 valence electrons. The topological polar surface area (TPSA) is 261 Å². The lowest BCUT2D eigenvalue weighted by Crippen LogP contribution is -2.64. The number of aliphatic hydroxyl groups is 3. The molecule has 3 fully saturated rings. The van der Waals surface area contributed by atoms with Crippen LogP contribution in [0.3, 0.4) is 0 Å². The molecule has 0 radical (unpaired) electrons. The summed E-state index contributed by atoms with van der Waals surface area (Å²) in [5.74, 6) is -4.76. The Labute approximate surface area is 336 Å². The van der Waals surface area contributed by atoms with Gasteiger partial charge in [0.1, 0.15) is 23.9 Å². The van der Waals surface area contributed by atoms with Gasteiger partial charge in [-0.05, 0) is 86.7 Å². The number of likely N-dealkylation sites (N-methyl/N-ethyl adjacent to an activating group) is 1. The van der Waals surface area contributed by atoms with Crippen molar-refractivity contribution in [1.82, 2.24) is 4.90 Å². The number of hydrogen-bond acceptors (Lipinski definition) is 18. The average Bonchev–Trinajstić information content (AvgIpc) is 3.11. The first-order chi connectivity index (χ1) is 26.2. The number of aliphatic hydroxyl groups excluding tert-OH is 2. The maximum Gasteiger partial charge on any atom is 0.311 e. The van der Waals surface area contributed by atoms with Crippen molar-refractivity contribution in [2.45, 2.75) is 185 Å². The number of nitrogens with two attached hydrogens (primary N) is 1. The Morgan fingerprint density at radius 3 is 2.09 bits per heavy atom. The maximum atomic E-state index is 14.4. The summed E-state index contributed by atoms with van der Waals surface area (Å²) in [6.45, 7) is 16.0. The van der Waals surface area contributed by atoms with Crippen molar-refractivity contribution in [3.8, 4) is 0 Å². The fourth-order valence-electron chi connectivity index (χ4n) is 9.22. The number of carbonyl (C=O) groups excluding carboxylic acids is 3. The van der Waals surface area contributed by atoms with Crippen molar-refractivity contribution >= 4 is 18.3 Å². The van der Waals surface area contributed by atoms with Crippen LogP contribution in [0.5, 0.6) is 0 Å². The van der Waals surface area contributed by atoms with Crippen LogP contribution in [0.2, 0.25) is 0 Å². The van der Waals surface area contributed by atoms with E-state index in [0.717, 1.165) is 0 Å². The summed E-state index contributed by atoms with van der Waals surface area (Å²) < 4.78 is 47.8. The molecule has 0 aromatic heterocycles. The van der Waals surface area contributed by atoms with Crippen LogP contribution in [0.15, 0.2) is 0 Å². The predicted molar refractivity (Wildman–Crippen MR) is 198 cm³/mol. The van der Waals surface area contributed by atoms with Gasteiger partial charge in [-0.15, -0.1) is 0 Å². The Morgan fingerprint density at radius 2 is 1.56 bits per heavy atom. The zero-order valence-corrected chi connectivity index (χ0v) is 35.7. The van der Waals surface area contributed by atoms with Gasteiger partial charge in [0.2, 0.25) is 0 Å². The Morgan fingerprint density at radius 1 is 0.947 bits per heavy atom. The van der Waals surface area contributed by atoms with Crippen molar-refractivity contribution in [3.63, 3.8) is 0 Å². The second-order valence-corrected chi connectivity index (χ2v) is 17.4. The fourth-order valence-corrected chi connectivity index (χ4v) is 9.22. The molecule has 0 aromatic rings. The van der Waals surface area contributed by atoms with E-state index in [0.29, 0.717) is 6.42 Å². The van der Waals surface area contributed by atoms with Crippen LogP contribution in [0, 0.1) is 23.7 Å². The van der Waals surface area contributed by atoms with E-state index in [1.165, 1.54) is 34.8 Å². The molecule has 57 heavy (non-hydrogen) atoms. The summed E-state index contributed by atoms with van der Waals surface area (Å²) >= 11 is 0. The Kier molecular flexibility index (Phi) is 16.6. The molecular weight excluding hydrogens is 752 g/mol. The van der Waals surface area contributed by atoms with E-state index >= 15 is 0 Å². The van der Waals surface area contributed by atoms with E-state index in [-0.39, 0.29) is 31.4 Å². The second kappa shape index (κ2) is 19.3. The number of carboxylic acid groups (broad SMARTS) is 2. The SMILES string of the molecule is CCC1OC(=O)C(C)C(OC2CC(C)(OC)C(O)C(C)O2)C(C)C(OC2OC(C)CC(N(C)C)C2O)C(C)(O)CC(C)C(N)C(C)C(OC(=O)[O-])C1(C)OC(=O)[O-]. The van der Waals surface area contributed by atoms with Crippen LogP contribution >= 0.6 is 0 Å². The van der Waals surface area contributed by atoms with Gasteiger partial charge in [0.05, 0.1) is 47.6 Å². The van der Waals surface area contributed by atoms with Crippen LogP contribution in [0.25, 0.3) is 0 Å². The standard InChI is InChI=1S/C39H70N2O16/c1-14-25-39(10,57-36(47)48)32(56-35(45)46)20(4)27(40)18(2)16-37(8,49)31(55-34-28(42)24(41(11)12)15-19(3)51-34)21(5)29(22(6)33(44)53-25)54-26-17-38(9,50-13)30(43)23(7)52-26/h18-32,34,42-43,49H,14-17,40H2,1-13H3,(H,45,46)(H,47,48)/p-2. The number of nitrogens with zero attached hydrogens (tertiary/aromatic N) is 1. The van der Waals surface area contributed by atoms with Crippen molar-refractivity contribution < 1.29 is 77.8 Å². The van der Waals surface area contributed by atoms with E-state index in [1.54, 1.807) is 34.6 Å². The summed E-state index contributed by atoms with van der Waals surface area (Å²) in [5, 5.41) is 59.3. The first kappa shape index (κ1) is 49.0. The van der Waals surface area contributed by atoms with Crippen LogP contribution in [0.1, 0.15) is 94.9 Å². The molecule has 0 aromatic carbocycles. The third-order valence-electron chi connectivity index (χ3n) is 12.7. The van der Waals surface area contributed by atoms with Crippen LogP contribution in [0.4, 0.5) is 9.59 Å². The quantitative estimate of drug-likeness (QED) is 0.180. The second-order valence-electron chi connectivity index (χ2n) is 17.4. The van der Waals surface area contributed by atoms with Gasteiger partial charge >= 0.3 is 5.97 Å². The Balaban J connectivity index is 2.28. The Hall–Kier alpha value is -2.39. The monoisotopic (exact) mass is 820 g/mol. The number of rotatable bonds is 9. The van der Waals surface area contributed by atoms with Crippen LogP contribution in [-0.4, -0.2) is 150 Å². The van der Waals surface area contributed by atoms with Crippen molar-refractivity contribution in [2.24, 2.45) is 29.4 Å². The third kappa shape index (κ3) is 11.1. The number of hydrogen-bond donors (Lipinski definition) is 4. The van der Waals surface area contributed by atoms with Crippen LogP contribution in [-0.2, 0) is 42.7 Å². The number of carbonyl (C=O) groups is 3. The van der Waals surface area contributed by atoms with Gasteiger partial charge < -0.3 is 83.7 Å². The molecule has 0 spiro atoms. The highest BCUT2D eigenvalue weighted by Gasteiger charge is 2.54. The minimum atomic E-state index is -2.20. The number of ether oxygens (including phenoxy) is 8. The highest BCUT2D eigenvalue weighted by molar-refractivity contribution is 5.73. The summed E-state index contributed by atoms with van der Waals surface area (Å²) in [7, 11) is 5.09. The molecule has 0 saturated carbocycles. The lowest BCUT2D eigenvalue weighted by molar-refractivity contribution is -0.326. The molecule has 0 aliphatic carbocycles. The van der Waals surface area contributed by atoms with Gasteiger partial charge in [-0.1, -0.05) is 27.7 Å². The largest absolute Gasteiger partial charge is 0.543 e. The van der Waals surface area contributed by atoms with Gasteiger partial charge in [0, 0.05) is 31.5 Å². The molecule has 3 heterocycles. The van der Waals surface area contributed by atoms with E-state index in [9.17, 15) is 39.9 Å². The molecule has 3 aliphatic heterocycles. The Bertz CT molecular complexity index is 1350. The average molecular weight is 821 g/mol. The first-order valence-corrected chi connectivity index (χ1v) is 19.9. The molecule has 3 aliphatic rings. The summed E-state index contributed by atoms with van der Waals surface area (Å²) in [6, 6.07) is -1.38. The van der Waals surface area contributed by atoms with Gasteiger partial charge in [-0.3, -0.25) is 4.79 Å². The smallest absolute Gasteiger partial charge is 0.311 e. The highest BCUT2D eigenvalue weighted by Crippen LogP contribution is 2.42. The summed E-state index contributed by atoms with van der Waals surface area (Å²) in [4.78, 5) is 40.4. The summed E-state index contributed by atoms with van der Waals surface area (Å²) in [5.41, 5.74) is 1.65. The predicted octanol–water partition coefficient (Wildman–Crippen LogP) is 0.279. The zero-order valence-electron chi connectivity index (χ0n) is 35.7. The molecule has 19 unspecified atom stereocenters. The van der Waals surface area contributed by atoms with Gasteiger partial charge in [0.15, 0.2) is 12.6 Å². The lowest BCUT2D eigenvalue weighted by Gasteiger charge is -2.52. The molecule has 5 N–H and O–H groups in total. The molecule has 18 heteroatoms. The first-order valence-electron chi connectivity index (χ1n) is 19.9. The lowest BCUT2D eigenvalue weighted by atomic mass is 9.72. The molecule has 3 rings (SSSR count). The minimum Gasteiger partial charge on any atom is -0.543 e. The normalized spacial score (nSPS) is 46.7. The molecule has 0 amide bonds. The highest BCUT2D eigenvalue weighted by atomic mass is 16.7.